The smallest absolute Gasteiger partial charge is 0.147 e. The van der Waals surface area contributed by atoms with Gasteiger partial charge < -0.3 is 15.2 Å². The van der Waals surface area contributed by atoms with E-state index in [1.54, 1.807) is 31.6 Å². The van der Waals surface area contributed by atoms with Crippen LogP contribution >= 0.6 is 27.5 Å². The predicted octanol–water partition coefficient (Wildman–Crippen LogP) is 5.96. The number of hydrogen-bond donors (Lipinski definition) is 2. The molecule has 0 saturated carbocycles. The number of hydrogen-bond acceptors (Lipinski definition) is 5. The number of ether oxygens (including phenoxy) is 1. The molecule has 4 aromatic rings. The normalized spacial score (nSPS) is 12.0. The van der Waals surface area contributed by atoms with E-state index in [2.05, 4.69) is 31.2 Å². The van der Waals surface area contributed by atoms with Crippen LogP contribution < -0.4 is 10.1 Å². The van der Waals surface area contributed by atoms with Gasteiger partial charge in [-0.05, 0) is 48.5 Å². The van der Waals surface area contributed by atoms with Crippen molar-refractivity contribution in [2.75, 3.05) is 12.4 Å². The largest absolute Gasteiger partial charge is 0.505 e. The van der Waals surface area contributed by atoms with Crippen molar-refractivity contribution in [3.05, 3.63) is 87.6 Å². The summed E-state index contributed by atoms with van der Waals surface area (Å²) >= 11 is 10.1. The molecule has 2 N–H and O–H groups in total. The molecular weight excluding hydrogens is 454 g/mol. The minimum absolute atomic E-state index is 0.0560. The molecule has 0 aliphatic carbocycles. The first-order chi connectivity index (χ1) is 14.1. The molecule has 0 saturated heterocycles. The van der Waals surface area contributed by atoms with Crippen molar-refractivity contribution in [3.63, 3.8) is 0 Å². The Morgan fingerprint density at radius 3 is 2.62 bits per heavy atom. The van der Waals surface area contributed by atoms with Crippen LogP contribution in [-0.2, 0) is 0 Å². The molecule has 0 amide bonds. The van der Waals surface area contributed by atoms with Crippen molar-refractivity contribution in [1.29, 1.82) is 0 Å². The second-order valence-corrected chi connectivity index (χ2v) is 7.70. The summed E-state index contributed by atoms with van der Waals surface area (Å²) in [5.41, 5.74) is 1.83. The van der Waals surface area contributed by atoms with Crippen LogP contribution in [0.15, 0.2) is 71.5 Å². The summed E-state index contributed by atoms with van der Waals surface area (Å²) in [6.45, 7) is 0. The van der Waals surface area contributed by atoms with Gasteiger partial charge in [0.15, 0.2) is 0 Å². The molecule has 146 valence electrons. The number of pyridine rings is 2. The summed E-state index contributed by atoms with van der Waals surface area (Å²) in [5.74, 6) is 1.37. The highest BCUT2D eigenvalue weighted by molar-refractivity contribution is 9.10. The fourth-order valence-electron chi connectivity index (χ4n) is 3.28. The highest BCUT2D eigenvalue weighted by Crippen LogP contribution is 2.42. The summed E-state index contributed by atoms with van der Waals surface area (Å²) in [4.78, 5) is 8.70. The lowest BCUT2D eigenvalue weighted by molar-refractivity contribution is 0.407. The molecule has 1 atom stereocenters. The minimum Gasteiger partial charge on any atom is -0.505 e. The van der Waals surface area contributed by atoms with E-state index in [-0.39, 0.29) is 5.75 Å². The molecule has 0 spiro atoms. The zero-order valence-electron chi connectivity index (χ0n) is 15.4. The molecule has 4 rings (SSSR count). The van der Waals surface area contributed by atoms with Gasteiger partial charge in [-0.15, -0.1) is 0 Å². The summed E-state index contributed by atoms with van der Waals surface area (Å²) in [7, 11) is 1.61. The fourth-order valence-corrected chi connectivity index (χ4v) is 3.92. The van der Waals surface area contributed by atoms with Crippen LogP contribution in [0.4, 0.5) is 5.82 Å². The quantitative estimate of drug-likeness (QED) is 0.377. The fraction of sp³-hybridized carbons (Fsp3) is 0.0909. The first kappa shape index (κ1) is 19.5. The molecule has 2 heterocycles. The molecule has 2 aromatic carbocycles. The molecule has 7 heteroatoms. The monoisotopic (exact) mass is 469 g/mol. The molecule has 29 heavy (non-hydrogen) atoms. The topological polar surface area (TPSA) is 67.3 Å². The molecule has 5 nitrogen and oxygen atoms in total. The van der Waals surface area contributed by atoms with Crippen molar-refractivity contribution < 1.29 is 9.84 Å². The average molecular weight is 471 g/mol. The van der Waals surface area contributed by atoms with E-state index in [1.165, 1.54) is 0 Å². The minimum atomic E-state index is -0.485. The van der Waals surface area contributed by atoms with Crippen molar-refractivity contribution >= 4 is 44.3 Å². The van der Waals surface area contributed by atoms with Gasteiger partial charge in [0, 0.05) is 33.4 Å². The van der Waals surface area contributed by atoms with Crippen LogP contribution in [-0.4, -0.2) is 22.2 Å². The van der Waals surface area contributed by atoms with Crippen LogP contribution in [0.2, 0.25) is 5.02 Å². The van der Waals surface area contributed by atoms with Gasteiger partial charge in [-0.2, -0.15) is 0 Å². The Morgan fingerprint density at radius 2 is 1.86 bits per heavy atom. The van der Waals surface area contributed by atoms with E-state index in [1.807, 2.05) is 42.5 Å². The zero-order chi connectivity index (χ0) is 20.4. The van der Waals surface area contributed by atoms with Crippen LogP contribution in [0.1, 0.15) is 17.2 Å². The van der Waals surface area contributed by atoms with E-state index in [0.717, 1.165) is 10.0 Å². The summed E-state index contributed by atoms with van der Waals surface area (Å²) in [6, 6.07) is 16.2. The lowest BCUT2D eigenvalue weighted by Gasteiger charge is -2.24. The van der Waals surface area contributed by atoms with Gasteiger partial charge in [-0.1, -0.05) is 33.6 Å². The van der Waals surface area contributed by atoms with Gasteiger partial charge in [-0.3, -0.25) is 4.98 Å². The van der Waals surface area contributed by atoms with Gasteiger partial charge in [0.2, 0.25) is 0 Å². The van der Waals surface area contributed by atoms with Gasteiger partial charge in [-0.25, -0.2) is 4.98 Å². The lowest BCUT2D eigenvalue weighted by atomic mass is 9.95. The first-order valence-electron chi connectivity index (χ1n) is 8.85. The van der Waals surface area contributed by atoms with Crippen LogP contribution in [0.5, 0.6) is 11.5 Å². The number of phenolic OH excluding ortho intramolecular Hbond substituents is 1. The number of rotatable bonds is 5. The van der Waals surface area contributed by atoms with E-state index < -0.39 is 6.04 Å². The SMILES string of the molecule is COc1ccc(Br)cc1[C@H](Nc1ccccn1)c1cc(Cl)c2cccnc2c1O. The number of methoxy groups -OCH3 is 1. The Labute approximate surface area is 181 Å². The van der Waals surface area contributed by atoms with Crippen molar-refractivity contribution in [3.8, 4) is 11.5 Å². The molecular formula is C22H17BrClN3O2. The van der Waals surface area contributed by atoms with Gasteiger partial charge >= 0.3 is 0 Å². The van der Waals surface area contributed by atoms with Gasteiger partial charge in [0.1, 0.15) is 22.8 Å². The summed E-state index contributed by atoms with van der Waals surface area (Å²) in [5, 5.41) is 15.7. The number of benzene rings is 2. The molecule has 0 fully saturated rings. The van der Waals surface area contributed by atoms with Crippen molar-refractivity contribution in [2.24, 2.45) is 0 Å². The zero-order valence-corrected chi connectivity index (χ0v) is 17.8. The molecule has 0 unspecified atom stereocenters. The number of phenols is 1. The molecule has 0 aliphatic rings. The van der Waals surface area contributed by atoms with E-state index in [0.29, 0.717) is 33.1 Å². The number of aromatic nitrogens is 2. The second kappa shape index (κ2) is 8.27. The van der Waals surface area contributed by atoms with Crippen LogP contribution in [0, 0.1) is 0 Å². The van der Waals surface area contributed by atoms with Gasteiger partial charge in [0.05, 0.1) is 18.2 Å². The number of anilines is 1. The highest BCUT2D eigenvalue weighted by atomic mass is 79.9. The summed E-state index contributed by atoms with van der Waals surface area (Å²) in [6.07, 6.45) is 3.33. The lowest BCUT2D eigenvalue weighted by Crippen LogP contribution is -2.15. The standard InChI is InChI=1S/C22H17BrClN3O2/c1-29-18-8-7-13(23)11-15(18)20(27-19-6-2-3-9-25-19)16-12-17(24)14-5-4-10-26-21(14)22(16)28/h2-12,20,28H,1H3,(H,25,27)/t20-/m0/s1. The van der Waals surface area contributed by atoms with E-state index >= 15 is 0 Å². The Morgan fingerprint density at radius 1 is 1.03 bits per heavy atom. The predicted molar refractivity (Wildman–Crippen MR) is 119 cm³/mol. The van der Waals surface area contributed by atoms with Gasteiger partial charge in [0.25, 0.3) is 0 Å². The maximum Gasteiger partial charge on any atom is 0.147 e. The highest BCUT2D eigenvalue weighted by Gasteiger charge is 2.25. The third-order valence-corrected chi connectivity index (χ3v) is 5.42. The third-order valence-electron chi connectivity index (χ3n) is 4.62. The maximum absolute atomic E-state index is 11.1. The number of nitrogens with one attached hydrogen (secondary N) is 1. The molecule has 0 aliphatic heterocycles. The van der Waals surface area contributed by atoms with E-state index in [4.69, 9.17) is 16.3 Å². The maximum atomic E-state index is 11.1. The van der Waals surface area contributed by atoms with Crippen LogP contribution in [0.25, 0.3) is 10.9 Å². The Kier molecular flexibility index (Phi) is 5.56. The molecule has 2 aromatic heterocycles. The number of fused-ring (bicyclic) bond motifs is 1. The third kappa shape index (κ3) is 3.86. The van der Waals surface area contributed by atoms with E-state index in [9.17, 15) is 5.11 Å². The second-order valence-electron chi connectivity index (χ2n) is 6.37. The molecule has 0 bridgehead atoms. The Hall–Kier alpha value is -2.83. The van der Waals surface area contributed by atoms with Crippen molar-refractivity contribution in [2.45, 2.75) is 6.04 Å². The Balaban J connectivity index is 1.95. The summed E-state index contributed by atoms with van der Waals surface area (Å²) < 4.78 is 6.47. The average Bonchev–Trinajstić information content (AvgIpc) is 2.75. The molecule has 0 radical (unpaired) electrons. The van der Waals surface area contributed by atoms with Crippen molar-refractivity contribution in [1.82, 2.24) is 9.97 Å². The number of halogens is 2. The Bertz CT molecular complexity index is 1170. The van der Waals surface area contributed by atoms with Crippen LogP contribution in [0.3, 0.4) is 0 Å². The first-order valence-corrected chi connectivity index (χ1v) is 10.0. The number of nitrogens with zero attached hydrogens (tertiary/aromatic N) is 2. The number of aromatic hydroxyl groups is 1.